The Kier molecular flexibility index (Phi) is 6.14. The highest BCUT2D eigenvalue weighted by molar-refractivity contribution is 7.99. The van der Waals surface area contributed by atoms with Crippen molar-refractivity contribution in [2.75, 3.05) is 5.75 Å². The SMILES string of the molecule is CCCCCSc1ccc(/C(N)=N/O)cc1[N+](=O)[O-]. The van der Waals surface area contributed by atoms with Gasteiger partial charge in [0.25, 0.3) is 5.69 Å². The monoisotopic (exact) mass is 283 g/mol. The first-order valence-corrected chi connectivity index (χ1v) is 6.97. The molecule has 0 aliphatic rings. The molecule has 1 rings (SSSR count). The predicted octanol–water partition coefficient (Wildman–Crippen LogP) is 2.97. The van der Waals surface area contributed by atoms with Crippen molar-refractivity contribution in [1.29, 1.82) is 0 Å². The van der Waals surface area contributed by atoms with Crippen molar-refractivity contribution in [3.05, 3.63) is 33.9 Å². The van der Waals surface area contributed by atoms with Crippen LogP contribution in [0.5, 0.6) is 0 Å². The standard InChI is InChI=1S/C12H17N3O3S/c1-2-3-4-7-19-11-6-5-9(12(13)14-16)8-10(11)15(17)18/h5-6,8,16H,2-4,7H2,1H3,(H2,13,14). The maximum atomic E-state index is 11.0. The van der Waals surface area contributed by atoms with Gasteiger partial charge in [-0.2, -0.15) is 0 Å². The molecular formula is C12H17N3O3S. The molecule has 0 spiro atoms. The first-order valence-electron chi connectivity index (χ1n) is 5.99. The van der Waals surface area contributed by atoms with E-state index in [1.54, 1.807) is 12.1 Å². The molecule has 0 fully saturated rings. The Bertz CT molecular complexity index is 477. The zero-order valence-electron chi connectivity index (χ0n) is 10.7. The van der Waals surface area contributed by atoms with Gasteiger partial charge in [-0.1, -0.05) is 24.9 Å². The minimum Gasteiger partial charge on any atom is -0.409 e. The lowest BCUT2D eigenvalue weighted by atomic mass is 10.2. The highest BCUT2D eigenvalue weighted by Crippen LogP contribution is 2.30. The lowest BCUT2D eigenvalue weighted by molar-refractivity contribution is -0.387. The van der Waals surface area contributed by atoms with Gasteiger partial charge in [0.2, 0.25) is 0 Å². The van der Waals surface area contributed by atoms with Crippen LogP contribution in [0.25, 0.3) is 0 Å². The van der Waals surface area contributed by atoms with Crippen LogP contribution in [0.2, 0.25) is 0 Å². The van der Waals surface area contributed by atoms with Crippen LogP contribution in [0.15, 0.2) is 28.3 Å². The molecule has 0 heterocycles. The maximum absolute atomic E-state index is 11.0. The van der Waals surface area contributed by atoms with Gasteiger partial charge in [-0.05, 0) is 24.3 Å². The van der Waals surface area contributed by atoms with E-state index in [2.05, 4.69) is 12.1 Å². The van der Waals surface area contributed by atoms with E-state index in [0.717, 1.165) is 25.0 Å². The summed E-state index contributed by atoms with van der Waals surface area (Å²) >= 11 is 1.46. The molecule has 0 bridgehead atoms. The predicted molar refractivity (Wildman–Crippen MR) is 75.9 cm³/mol. The van der Waals surface area contributed by atoms with Crippen LogP contribution in [0.1, 0.15) is 31.7 Å². The van der Waals surface area contributed by atoms with E-state index in [1.165, 1.54) is 17.8 Å². The van der Waals surface area contributed by atoms with Crippen molar-refractivity contribution in [1.82, 2.24) is 0 Å². The van der Waals surface area contributed by atoms with E-state index < -0.39 is 4.92 Å². The Morgan fingerprint density at radius 1 is 1.53 bits per heavy atom. The van der Waals surface area contributed by atoms with E-state index in [4.69, 9.17) is 10.9 Å². The summed E-state index contributed by atoms with van der Waals surface area (Å²) in [6.07, 6.45) is 3.26. The lowest BCUT2D eigenvalue weighted by Crippen LogP contribution is -2.13. The number of hydrogen-bond donors (Lipinski definition) is 2. The van der Waals surface area contributed by atoms with Gasteiger partial charge >= 0.3 is 0 Å². The molecule has 1 aromatic carbocycles. The summed E-state index contributed by atoms with van der Waals surface area (Å²) in [5.41, 5.74) is 5.75. The van der Waals surface area contributed by atoms with Crippen LogP contribution in [0.4, 0.5) is 5.69 Å². The number of benzene rings is 1. The molecular weight excluding hydrogens is 266 g/mol. The summed E-state index contributed by atoms with van der Waals surface area (Å²) in [6, 6.07) is 4.59. The van der Waals surface area contributed by atoms with Crippen LogP contribution in [0.3, 0.4) is 0 Å². The van der Waals surface area contributed by atoms with Crippen molar-refractivity contribution < 1.29 is 10.1 Å². The van der Waals surface area contributed by atoms with Crippen molar-refractivity contribution in [2.24, 2.45) is 10.9 Å². The lowest BCUT2D eigenvalue weighted by Gasteiger charge is -2.05. The summed E-state index contributed by atoms with van der Waals surface area (Å²) in [5.74, 6) is 0.711. The van der Waals surface area contributed by atoms with Gasteiger partial charge in [-0.3, -0.25) is 10.1 Å². The first kappa shape index (κ1) is 15.3. The molecule has 0 amide bonds. The van der Waals surface area contributed by atoms with Crippen molar-refractivity contribution in [3.8, 4) is 0 Å². The van der Waals surface area contributed by atoms with Gasteiger partial charge in [0.05, 0.1) is 9.82 Å². The molecule has 0 unspecified atom stereocenters. The third kappa shape index (κ3) is 4.44. The second kappa shape index (κ2) is 7.63. The maximum Gasteiger partial charge on any atom is 0.283 e. The first-order chi connectivity index (χ1) is 9.10. The number of rotatable bonds is 7. The number of oxime groups is 1. The van der Waals surface area contributed by atoms with Crippen molar-refractivity contribution in [2.45, 2.75) is 31.1 Å². The van der Waals surface area contributed by atoms with Crippen LogP contribution < -0.4 is 5.73 Å². The van der Waals surface area contributed by atoms with Gasteiger partial charge in [0, 0.05) is 11.6 Å². The average molecular weight is 283 g/mol. The fourth-order valence-electron chi connectivity index (χ4n) is 1.53. The minimum atomic E-state index is -0.448. The second-order valence-corrected chi connectivity index (χ2v) is 5.12. The topological polar surface area (TPSA) is 102 Å². The Labute approximate surface area is 115 Å². The second-order valence-electron chi connectivity index (χ2n) is 3.98. The molecule has 0 atom stereocenters. The summed E-state index contributed by atoms with van der Waals surface area (Å²) < 4.78 is 0. The summed E-state index contributed by atoms with van der Waals surface area (Å²) in [6.45, 7) is 2.11. The normalized spacial score (nSPS) is 11.5. The zero-order chi connectivity index (χ0) is 14.3. The number of nitrogens with zero attached hydrogens (tertiary/aromatic N) is 2. The number of nitrogens with two attached hydrogens (primary N) is 1. The molecule has 7 heteroatoms. The molecule has 0 aliphatic carbocycles. The molecule has 0 saturated carbocycles. The smallest absolute Gasteiger partial charge is 0.283 e. The van der Waals surface area contributed by atoms with Crippen molar-refractivity contribution in [3.63, 3.8) is 0 Å². The molecule has 0 aliphatic heterocycles. The van der Waals surface area contributed by atoms with Gasteiger partial charge in [0.15, 0.2) is 5.84 Å². The Morgan fingerprint density at radius 2 is 2.26 bits per heavy atom. The van der Waals surface area contributed by atoms with Crippen LogP contribution >= 0.6 is 11.8 Å². The molecule has 3 N–H and O–H groups in total. The molecule has 19 heavy (non-hydrogen) atoms. The third-order valence-corrected chi connectivity index (χ3v) is 3.71. The van der Waals surface area contributed by atoms with Crippen LogP contribution in [0, 0.1) is 10.1 Å². The van der Waals surface area contributed by atoms with E-state index in [1.807, 2.05) is 0 Å². The summed E-state index contributed by atoms with van der Waals surface area (Å²) in [5, 5.41) is 22.4. The van der Waals surface area contributed by atoms with Gasteiger partial charge in [-0.15, -0.1) is 11.8 Å². The number of nitro groups is 1. The van der Waals surface area contributed by atoms with Gasteiger partial charge in [-0.25, -0.2) is 0 Å². The Morgan fingerprint density at radius 3 is 2.84 bits per heavy atom. The largest absolute Gasteiger partial charge is 0.409 e. The molecule has 104 valence electrons. The molecule has 1 aromatic rings. The number of unbranched alkanes of at least 4 members (excludes halogenated alkanes) is 2. The average Bonchev–Trinajstić information content (AvgIpc) is 2.42. The van der Waals surface area contributed by atoms with Gasteiger partial charge < -0.3 is 10.9 Å². The van der Waals surface area contributed by atoms with E-state index in [9.17, 15) is 10.1 Å². The summed E-state index contributed by atoms with van der Waals surface area (Å²) in [7, 11) is 0. The van der Waals surface area contributed by atoms with E-state index >= 15 is 0 Å². The quantitative estimate of drug-likeness (QED) is 0.152. The Balaban J connectivity index is 2.89. The highest BCUT2D eigenvalue weighted by atomic mass is 32.2. The van der Waals surface area contributed by atoms with Crippen LogP contribution in [-0.2, 0) is 0 Å². The van der Waals surface area contributed by atoms with E-state index in [-0.39, 0.29) is 11.5 Å². The Hall–Kier alpha value is -1.76. The fraction of sp³-hybridized carbons (Fsp3) is 0.417. The molecule has 0 radical (unpaired) electrons. The van der Waals surface area contributed by atoms with Gasteiger partial charge in [0.1, 0.15) is 0 Å². The number of thioether (sulfide) groups is 1. The summed E-state index contributed by atoms with van der Waals surface area (Å²) in [4.78, 5) is 11.2. The number of amidine groups is 1. The number of hydrogen-bond acceptors (Lipinski definition) is 5. The van der Waals surface area contributed by atoms with Crippen molar-refractivity contribution >= 4 is 23.3 Å². The molecule has 0 aromatic heterocycles. The number of nitro benzene ring substituents is 1. The van der Waals surface area contributed by atoms with E-state index in [0.29, 0.717) is 10.5 Å². The molecule has 6 nitrogen and oxygen atoms in total. The fourth-order valence-corrected chi connectivity index (χ4v) is 2.55. The molecule has 0 saturated heterocycles. The third-order valence-electron chi connectivity index (χ3n) is 2.56. The highest BCUT2D eigenvalue weighted by Gasteiger charge is 2.16. The minimum absolute atomic E-state index is 0.00871. The van der Waals surface area contributed by atoms with Crippen LogP contribution in [-0.4, -0.2) is 21.7 Å². The zero-order valence-corrected chi connectivity index (χ0v) is 11.5.